The molecule has 0 bridgehead atoms. The molecule has 1 heterocycles. The Balaban J connectivity index is 1.47. The first-order valence-electron chi connectivity index (χ1n) is 7.58. The van der Waals surface area contributed by atoms with Crippen LogP contribution in [0.15, 0.2) is 48.1 Å². The Bertz CT molecular complexity index is 666. The lowest BCUT2D eigenvalue weighted by molar-refractivity contribution is -0.134. The van der Waals surface area contributed by atoms with E-state index in [-0.39, 0.29) is 12.5 Å². The topological polar surface area (TPSA) is 76.7 Å². The van der Waals surface area contributed by atoms with Gasteiger partial charge in [0.05, 0.1) is 0 Å². The highest BCUT2D eigenvalue weighted by molar-refractivity contribution is 5.91. The molecule has 0 fully saturated rings. The van der Waals surface area contributed by atoms with Crippen molar-refractivity contribution in [3.8, 4) is 11.5 Å². The normalized spacial score (nSPS) is 19.3. The summed E-state index contributed by atoms with van der Waals surface area (Å²) in [5.41, 5.74) is 5.83. The van der Waals surface area contributed by atoms with Crippen LogP contribution in [0.5, 0.6) is 11.5 Å². The van der Waals surface area contributed by atoms with Crippen molar-refractivity contribution in [1.82, 2.24) is 10.9 Å². The first kappa shape index (κ1) is 15.1. The highest BCUT2D eigenvalue weighted by atomic mass is 16.6. The number of carbonyl (C=O) groups is 2. The fourth-order valence-electron chi connectivity index (χ4n) is 2.42. The van der Waals surface area contributed by atoms with Crippen molar-refractivity contribution in [2.75, 3.05) is 6.61 Å². The van der Waals surface area contributed by atoms with Crippen LogP contribution in [0.2, 0.25) is 0 Å². The Morgan fingerprint density at radius 3 is 2.78 bits per heavy atom. The van der Waals surface area contributed by atoms with Gasteiger partial charge in [-0.3, -0.25) is 20.4 Å². The number of fused-ring (bicyclic) bond motifs is 1. The highest BCUT2D eigenvalue weighted by Gasteiger charge is 2.27. The van der Waals surface area contributed by atoms with Gasteiger partial charge in [0.25, 0.3) is 11.8 Å². The third kappa shape index (κ3) is 3.91. The number of carbonyl (C=O) groups excluding carboxylic acids is 2. The van der Waals surface area contributed by atoms with Crippen LogP contribution >= 0.6 is 0 Å². The molecule has 23 heavy (non-hydrogen) atoms. The maximum absolute atomic E-state index is 12.0. The minimum atomic E-state index is -0.799. The molecule has 1 unspecified atom stereocenters. The number of hydrogen-bond acceptors (Lipinski definition) is 4. The number of nitrogens with one attached hydrogen (secondary N) is 2. The van der Waals surface area contributed by atoms with E-state index in [1.807, 2.05) is 6.07 Å². The fourth-order valence-corrected chi connectivity index (χ4v) is 2.42. The number of hydrogen-bond donors (Lipinski definition) is 2. The summed E-state index contributed by atoms with van der Waals surface area (Å²) < 4.78 is 11.0. The van der Waals surface area contributed by atoms with Gasteiger partial charge >= 0.3 is 0 Å². The summed E-state index contributed by atoms with van der Waals surface area (Å²) in [7, 11) is 0. The number of ether oxygens (including phenoxy) is 2. The number of hydrazine groups is 1. The summed E-state index contributed by atoms with van der Waals surface area (Å²) in [6.07, 6.45) is 7.65. The first-order chi connectivity index (χ1) is 11.2. The quantitative estimate of drug-likeness (QED) is 0.657. The van der Waals surface area contributed by atoms with E-state index in [1.54, 1.807) is 24.3 Å². The Kier molecular flexibility index (Phi) is 4.61. The molecule has 1 aromatic carbocycles. The molecule has 0 saturated heterocycles. The Labute approximate surface area is 134 Å². The van der Waals surface area contributed by atoms with Crippen molar-refractivity contribution in [1.29, 1.82) is 0 Å². The molecule has 1 aromatic rings. The molecule has 1 aliphatic carbocycles. The van der Waals surface area contributed by atoms with E-state index in [9.17, 15) is 9.59 Å². The lowest BCUT2D eigenvalue weighted by Crippen LogP contribution is -2.50. The van der Waals surface area contributed by atoms with Crippen LogP contribution in [0.1, 0.15) is 19.3 Å². The van der Waals surface area contributed by atoms with E-state index in [2.05, 4.69) is 16.9 Å². The van der Waals surface area contributed by atoms with Gasteiger partial charge < -0.3 is 9.47 Å². The maximum Gasteiger partial charge on any atom is 0.283 e. The second-order valence-corrected chi connectivity index (χ2v) is 5.35. The standard InChI is InChI=1S/C17H18N2O4/c20-16(10-9-12-5-1-2-6-12)18-19-17(21)15-11-22-13-7-3-4-8-14(13)23-15/h3-5,7-10,15H,1-2,6,11H2,(H,18,20)(H,19,21). The van der Waals surface area contributed by atoms with Gasteiger partial charge in [-0.2, -0.15) is 0 Å². The van der Waals surface area contributed by atoms with Crippen molar-refractivity contribution < 1.29 is 19.1 Å². The zero-order valence-corrected chi connectivity index (χ0v) is 12.6. The molecule has 2 amide bonds. The van der Waals surface area contributed by atoms with Crippen molar-refractivity contribution in [2.45, 2.75) is 25.4 Å². The van der Waals surface area contributed by atoms with Gasteiger partial charge in [0.15, 0.2) is 11.5 Å². The SMILES string of the molecule is O=C(C=CC1=CCCC1)NNC(=O)C1COc2ccccc2O1. The smallest absolute Gasteiger partial charge is 0.283 e. The number of amides is 2. The summed E-state index contributed by atoms with van der Waals surface area (Å²) in [6.45, 7) is 0.0987. The van der Waals surface area contributed by atoms with Gasteiger partial charge in [-0.1, -0.05) is 29.9 Å². The van der Waals surface area contributed by atoms with E-state index in [0.717, 1.165) is 24.8 Å². The van der Waals surface area contributed by atoms with Crippen LogP contribution in [0.25, 0.3) is 0 Å². The minimum Gasteiger partial charge on any atom is -0.485 e. The van der Waals surface area contributed by atoms with Gasteiger partial charge in [-0.05, 0) is 31.4 Å². The van der Waals surface area contributed by atoms with Crippen molar-refractivity contribution in [3.63, 3.8) is 0 Å². The van der Waals surface area contributed by atoms with Gasteiger partial charge in [0, 0.05) is 6.08 Å². The minimum absolute atomic E-state index is 0.0987. The van der Waals surface area contributed by atoms with Crippen molar-refractivity contribution in [3.05, 3.63) is 48.1 Å². The Hall–Kier alpha value is -2.76. The zero-order chi connectivity index (χ0) is 16.1. The van der Waals surface area contributed by atoms with Crippen molar-refractivity contribution >= 4 is 11.8 Å². The second-order valence-electron chi connectivity index (χ2n) is 5.35. The van der Waals surface area contributed by atoms with Crippen LogP contribution < -0.4 is 20.3 Å². The number of benzene rings is 1. The molecule has 0 aromatic heterocycles. The molecule has 1 atom stereocenters. The molecule has 0 spiro atoms. The Morgan fingerprint density at radius 1 is 1.17 bits per heavy atom. The van der Waals surface area contributed by atoms with E-state index >= 15 is 0 Å². The third-order valence-electron chi connectivity index (χ3n) is 3.63. The average Bonchev–Trinajstić information content (AvgIpc) is 3.11. The predicted octanol–water partition coefficient (Wildman–Crippen LogP) is 1.64. The molecule has 3 rings (SSSR count). The first-order valence-corrected chi connectivity index (χ1v) is 7.58. The second kappa shape index (κ2) is 7.00. The fraction of sp³-hybridized carbons (Fsp3) is 0.294. The highest BCUT2D eigenvalue weighted by Crippen LogP contribution is 2.30. The van der Waals surface area contributed by atoms with Gasteiger partial charge in [-0.25, -0.2) is 0 Å². The van der Waals surface area contributed by atoms with Crippen LogP contribution in [0.3, 0.4) is 0 Å². The van der Waals surface area contributed by atoms with Crippen LogP contribution in [0, 0.1) is 0 Å². The molecular formula is C17H18N2O4. The lowest BCUT2D eigenvalue weighted by atomic mass is 10.2. The van der Waals surface area contributed by atoms with Crippen LogP contribution in [-0.2, 0) is 9.59 Å². The van der Waals surface area contributed by atoms with Gasteiger partial charge in [0.2, 0.25) is 6.10 Å². The molecule has 6 heteroatoms. The summed E-state index contributed by atoms with van der Waals surface area (Å²) in [5, 5.41) is 0. The summed E-state index contributed by atoms with van der Waals surface area (Å²) >= 11 is 0. The average molecular weight is 314 g/mol. The van der Waals surface area contributed by atoms with Gasteiger partial charge in [-0.15, -0.1) is 0 Å². The monoisotopic (exact) mass is 314 g/mol. The number of allylic oxidation sites excluding steroid dienone is 3. The van der Waals surface area contributed by atoms with E-state index in [4.69, 9.17) is 9.47 Å². The van der Waals surface area contributed by atoms with E-state index < -0.39 is 12.0 Å². The molecule has 2 aliphatic rings. The molecular weight excluding hydrogens is 296 g/mol. The molecule has 6 nitrogen and oxygen atoms in total. The predicted molar refractivity (Wildman–Crippen MR) is 83.7 cm³/mol. The molecule has 1 aliphatic heterocycles. The van der Waals surface area contributed by atoms with Crippen molar-refractivity contribution in [2.24, 2.45) is 0 Å². The molecule has 2 N–H and O–H groups in total. The number of para-hydroxylation sites is 2. The maximum atomic E-state index is 12.0. The molecule has 0 saturated carbocycles. The Morgan fingerprint density at radius 2 is 2.00 bits per heavy atom. The molecule has 0 radical (unpaired) electrons. The van der Waals surface area contributed by atoms with E-state index in [0.29, 0.717) is 11.5 Å². The summed E-state index contributed by atoms with van der Waals surface area (Å²) in [5.74, 6) is 0.274. The largest absolute Gasteiger partial charge is 0.485 e. The summed E-state index contributed by atoms with van der Waals surface area (Å²) in [4.78, 5) is 23.7. The van der Waals surface area contributed by atoms with Crippen LogP contribution in [-0.4, -0.2) is 24.5 Å². The third-order valence-corrected chi connectivity index (χ3v) is 3.63. The van der Waals surface area contributed by atoms with Crippen LogP contribution in [0.4, 0.5) is 0 Å². The summed E-state index contributed by atoms with van der Waals surface area (Å²) in [6, 6.07) is 7.13. The van der Waals surface area contributed by atoms with E-state index in [1.165, 1.54) is 6.08 Å². The molecule has 120 valence electrons. The zero-order valence-electron chi connectivity index (χ0n) is 12.6. The number of rotatable bonds is 3. The van der Waals surface area contributed by atoms with Gasteiger partial charge in [0.1, 0.15) is 6.61 Å². The lowest BCUT2D eigenvalue weighted by Gasteiger charge is -2.25.